The van der Waals surface area contributed by atoms with Gasteiger partial charge in [0.15, 0.2) is 0 Å². The maximum Gasteiger partial charge on any atom is -0.00206 e. The van der Waals surface area contributed by atoms with Crippen LogP contribution >= 0.6 is 0 Å². The predicted octanol–water partition coefficient (Wildman–Crippen LogP) is 20.4. The fraction of sp³-hybridized carbons (Fsp3) is 0. The fourth-order valence-electron chi connectivity index (χ4n) is 12.6. The molecule has 0 heteroatoms. The molecule has 0 aliphatic carbocycles. The highest BCUT2D eigenvalue weighted by Crippen LogP contribution is 2.44. The molecule has 0 spiro atoms. The fourth-order valence-corrected chi connectivity index (χ4v) is 12.6. The molecule has 330 valence electrons. The second-order valence-electron chi connectivity index (χ2n) is 19.9. The standard InChI is InChI=1S/C72H42/c1-5-49-26-29-55-31-35-61(64-37-33-52(7-1)67(49)71(55)64)46-19-13-43(14-20-46)58-39-59(44-15-21-47(22-16-44)62-36-32-56-30-27-50-6-2-8-53-34-38-65(62)72(56)68(50)53)41-60(40-58)45-17-23-48(24-18-45)66-42-57-11-3-9-51-25-28-54-10-4-12-63(66)70(54)69(51)57/h1-42H. The average Bonchev–Trinajstić information content (AvgIpc) is 3.45. The third-order valence-corrected chi connectivity index (χ3v) is 16.1. The van der Waals surface area contributed by atoms with Gasteiger partial charge in [-0.3, -0.25) is 0 Å². The van der Waals surface area contributed by atoms with Crippen molar-refractivity contribution in [1.82, 2.24) is 0 Å². The second kappa shape index (κ2) is 15.1. The SMILES string of the molecule is c1cc2ccc3ccc(-c4ccc(-c5cc(-c6ccc(-c7ccc8ccc9cccc%10ccc7c8c9%10)cc6)cc(-c6ccc(-c7cc8cccc9ccc%10cccc7c%10c98)cc6)c5)cc4)c4ccc(c1)c2c34. The Bertz CT molecular complexity index is 4560. The summed E-state index contributed by atoms with van der Waals surface area (Å²) in [6, 6.07) is 95.9. The summed E-state index contributed by atoms with van der Waals surface area (Å²) >= 11 is 0. The Morgan fingerprint density at radius 1 is 0.139 bits per heavy atom. The molecule has 0 N–H and O–H groups in total. The highest BCUT2D eigenvalue weighted by molar-refractivity contribution is 6.28. The molecule has 0 radical (unpaired) electrons. The van der Waals surface area contributed by atoms with Crippen molar-refractivity contribution in [2.75, 3.05) is 0 Å². The molecule has 0 nitrogen and oxygen atoms in total. The number of rotatable bonds is 6. The van der Waals surface area contributed by atoms with E-state index < -0.39 is 0 Å². The molecule has 0 aliphatic heterocycles. The van der Waals surface area contributed by atoms with Crippen LogP contribution in [0.2, 0.25) is 0 Å². The molecule has 0 amide bonds. The van der Waals surface area contributed by atoms with Gasteiger partial charge in [-0.25, -0.2) is 0 Å². The summed E-state index contributed by atoms with van der Waals surface area (Å²) in [7, 11) is 0. The Labute approximate surface area is 416 Å². The average molecular weight is 907 g/mol. The maximum absolute atomic E-state index is 2.39. The largest absolute Gasteiger partial charge is 0.0610 e. The van der Waals surface area contributed by atoms with Crippen molar-refractivity contribution < 1.29 is 0 Å². The van der Waals surface area contributed by atoms with Gasteiger partial charge in [-0.1, -0.05) is 231 Å². The Morgan fingerprint density at radius 2 is 0.403 bits per heavy atom. The molecule has 0 saturated carbocycles. The van der Waals surface area contributed by atoms with Gasteiger partial charge >= 0.3 is 0 Å². The van der Waals surface area contributed by atoms with Crippen molar-refractivity contribution >= 4 is 97.0 Å². The Morgan fingerprint density at radius 3 is 0.806 bits per heavy atom. The molecule has 0 aromatic heterocycles. The van der Waals surface area contributed by atoms with E-state index in [-0.39, 0.29) is 0 Å². The van der Waals surface area contributed by atoms with Gasteiger partial charge in [0, 0.05) is 0 Å². The molecule has 0 unspecified atom stereocenters. The van der Waals surface area contributed by atoms with E-state index in [1.165, 1.54) is 164 Å². The number of hydrogen-bond acceptors (Lipinski definition) is 0. The first kappa shape index (κ1) is 39.5. The van der Waals surface area contributed by atoms with Gasteiger partial charge in [0.1, 0.15) is 0 Å². The second-order valence-corrected chi connectivity index (χ2v) is 19.9. The molecule has 72 heavy (non-hydrogen) atoms. The van der Waals surface area contributed by atoms with Gasteiger partial charge in [0.25, 0.3) is 0 Å². The van der Waals surface area contributed by atoms with Crippen LogP contribution in [0.5, 0.6) is 0 Å². The zero-order chi connectivity index (χ0) is 47.0. The first-order chi connectivity index (χ1) is 35.6. The molecule has 0 heterocycles. The monoisotopic (exact) mass is 906 g/mol. The van der Waals surface area contributed by atoms with Crippen molar-refractivity contribution in [2.45, 2.75) is 0 Å². The summed E-state index contributed by atoms with van der Waals surface area (Å²) in [4.78, 5) is 0. The van der Waals surface area contributed by atoms with Gasteiger partial charge < -0.3 is 0 Å². The van der Waals surface area contributed by atoms with Crippen molar-refractivity contribution in [3.8, 4) is 66.8 Å². The molecule has 0 aliphatic rings. The van der Waals surface area contributed by atoms with Crippen LogP contribution in [-0.2, 0) is 0 Å². The third-order valence-electron chi connectivity index (χ3n) is 16.1. The van der Waals surface area contributed by atoms with Crippen LogP contribution < -0.4 is 0 Å². The third kappa shape index (κ3) is 5.87. The van der Waals surface area contributed by atoms with Crippen molar-refractivity contribution in [3.05, 3.63) is 255 Å². The topological polar surface area (TPSA) is 0 Å². The number of hydrogen-bond donors (Lipinski definition) is 0. The summed E-state index contributed by atoms with van der Waals surface area (Å²) in [6.07, 6.45) is 0. The Balaban J connectivity index is 0.813. The van der Waals surface area contributed by atoms with Gasteiger partial charge in [0.2, 0.25) is 0 Å². The van der Waals surface area contributed by atoms with Gasteiger partial charge in [-0.15, -0.1) is 0 Å². The van der Waals surface area contributed by atoms with E-state index in [1.807, 2.05) is 0 Å². The lowest BCUT2D eigenvalue weighted by molar-refractivity contribution is 1.56. The van der Waals surface area contributed by atoms with Crippen LogP contribution in [0, 0.1) is 0 Å². The van der Waals surface area contributed by atoms with E-state index in [9.17, 15) is 0 Å². The zero-order valence-corrected chi connectivity index (χ0v) is 39.2. The minimum absolute atomic E-state index is 1.19. The van der Waals surface area contributed by atoms with Crippen molar-refractivity contribution in [2.24, 2.45) is 0 Å². The number of benzene rings is 16. The van der Waals surface area contributed by atoms with Crippen LogP contribution in [0.25, 0.3) is 164 Å². The minimum Gasteiger partial charge on any atom is -0.0610 e. The molecule has 16 rings (SSSR count). The van der Waals surface area contributed by atoms with E-state index in [0.29, 0.717) is 0 Å². The molecule has 16 aromatic carbocycles. The summed E-state index contributed by atoms with van der Waals surface area (Å²) < 4.78 is 0. The van der Waals surface area contributed by atoms with E-state index in [4.69, 9.17) is 0 Å². The lowest BCUT2D eigenvalue weighted by Gasteiger charge is -2.16. The first-order valence-electron chi connectivity index (χ1n) is 25.1. The molecular weight excluding hydrogens is 865 g/mol. The van der Waals surface area contributed by atoms with Crippen LogP contribution in [-0.4, -0.2) is 0 Å². The smallest absolute Gasteiger partial charge is 0.00206 e. The van der Waals surface area contributed by atoms with Crippen LogP contribution in [0.1, 0.15) is 0 Å². The van der Waals surface area contributed by atoms with E-state index in [2.05, 4.69) is 255 Å². The lowest BCUT2D eigenvalue weighted by atomic mass is 9.88. The normalized spacial score (nSPS) is 12.2. The summed E-state index contributed by atoms with van der Waals surface area (Å²) in [5.74, 6) is 0. The van der Waals surface area contributed by atoms with E-state index in [0.717, 1.165) is 0 Å². The maximum atomic E-state index is 2.39. The molecule has 0 fully saturated rings. The van der Waals surface area contributed by atoms with Gasteiger partial charge in [-0.05, 0) is 188 Å². The van der Waals surface area contributed by atoms with Crippen molar-refractivity contribution in [3.63, 3.8) is 0 Å². The zero-order valence-electron chi connectivity index (χ0n) is 39.2. The Kier molecular flexibility index (Phi) is 8.26. The highest BCUT2D eigenvalue weighted by Gasteiger charge is 2.17. The van der Waals surface area contributed by atoms with E-state index >= 15 is 0 Å². The molecular formula is C72H42. The molecule has 0 atom stereocenters. The van der Waals surface area contributed by atoms with Crippen LogP contribution in [0.4, 0.5) is 0 Å². The van der Waals surface area contributed by atoms with Crippen LogP contribution in [0.3, 0.4) is 0 Å². The lowest BCUT2D eigenvalue weighted by Crippen LogP contribution is -1.90. The van der Waals surface area contributed by atoms with Gasteiger partial charge in [0.05, 0.1) is 0 Å². The van der Waals surface area contributed by atoms with E-state index in [1.54, 1.807) is 0 Å². The van der Waals surface area contributed by atoms with Crippen molar-refractivity contribution in [1.29, 1.82) is 0 Å². The molecule has 0 saturated heterocycles. The summed E-state index contributed by atoms with van der Waals surface area (Å²) in [5, 5.41) is 23.6. The Hall–Kier alpha value is -9.36. The molecule has 16 aromatic rings. The molecule has 0 bridgehead atoms. The summed E-state index contributed by atoms with van der Waals surface area (Å²) in [5.41, 5.74) is 14.6. The summed E-state index contributed by atoms with van der Waals surface area (Å²) in [6.45, 7) is 0. The first-order valence-corrected chi connectivity index (χ1v) is 25.1. The van der Waals surface area contributed by atoms with Crippen LogP contribution in [0.15, 0.2) is 255 Å². The quantitative estimate of drug-likeness (QED) is 0.146. The van der Waals surface area contributed by atoms with Gasteiger partial charge in [-0.2, -0.15) is 0 Å². The minimum atomic E-state index is 1.19. The predicted molar refractivity (Wildman–Crippen MR) is 310 cm³/mol. The highest BCUT2D eigenvalue weighted by atomic mass is 14.2.